The number of hydrogen-bond donors (Lipinski definition) is 5. The highest BCUT2D eigenvalue weighted by Gasteiger charge is 2.45. The Kier molecular flexibility index (Phi) is 9.99. The van der Waals surface area contributed by atoms with Crippen LogP contribution in [0.25, 0.3) is 0 Å². The van der Waals surface area contributed by atoms with Crippen molar-refractivity contribution < 1.29 is 29.4 Å². The Morgan fingerprint density at radius 2 is 1.48 bits per heavy atom. The molecule has 0 aliphatic heterocycles. The van der Waals surface area contributed by atoms with Gasteiger partial charge in [0.1, 0.15) is 0 Å². The maximum atomic E-state index is 12.2. The molecule has 6 N–H and O–H groups in total. The topological polar surface area (TPSA) is 159 Å². The summed E-state index contributed by atoms with van der Waals surface area (Å²) in [5, 5.41) is 24.4. The molecule has 9 nitrogen and oxygen atoms in total. The van der Waals surface area contributed by atoms with Crippen molar-refractivity contribution in [3.63, 3.8) is 0 Å². The molecule has 0 heterocycles. The Labute approximate surface area is 160 Å². The van der Waals surface area contributed by atoms with Crippen molar-refractivity contribution >= 4 is 23.8 Å². The van der Waals surface area contributed by atoms with Gasteiger partial charge >= 0.3 is 11.9 Å². The molecule has 27 heavy (non-hydrogen) atoms. The molecule has 0 aliphatic rings. The molecule has 0 aliphatic carbocycles. The van der Waals surface area contributed by atoms with E-state index in [-0.39, 0.29) is 19.5 Å². The highest BCUT2D eigenvalue weighted by Crippen LogP contribution is 2.40. The predicted molar refractivity (Wildman–Crippen MR) is 99.7 cm³/mol. The number of nitrogens with one attached hydrogen (secondary N) is 2. The van der Waals surface area contributed by atoms with Gasteiger partial charge in [-0.15, -0.1) is 0 Å². The zero-order chi connectivity index (χ0) is 21.4. The van der Waals surface area contributed by atoms with E-state index in [1.165, 1.54) is 13.8 Å². The van der Waals surface area contributed by atoms with Gasteiger partial charge in [-0.2, -0.15) is 0 Å². The van der Waals surface area contributed by atoms with Crippen LogP contribution in [-0.2, 0) is 19.2 Å². The van der Waals surface area contributed by atoms with E-state index in [0.29, 0.717) is 6.54 Å². The summed E-state index contributed by atoms with van der Waals surface area (Å²) in [5.41, 5.74) is 4.30. The summed E-state index contributed by atoms with van der Waals surface area (Å²) in [7, 11) is 0. The van der Waals surface area contributed by atoms with Gasteiger partial charge in [0.25, 0.3) is 0 Å². The molecule has 0 saturated heterocycles. The van der Waals surface area contributed by atoms with Crippen molar-refractivity contribution in [3.05, 3.63) is 0 Å². The van der Waals surface area contributed by atoms with E-state index in [1.807, 2.05) is 0 Å². The van der Waals surface area contributed by atoms with E-state index >= 15 is 0 Å². The van der Waals surface area contributed by atoms with Gasteiger partial charge in [0.15, 0.2) is 0 Å². The average Bonchev–Trinajstić information content (AvgIpc) is 2.56. The highest BCUT2D eigenvalue weighted by molar-refractivity contribution is 5.86. The smallest absolute Gasteiger partial charge is 0.307 e. The van der Waals surface area contributed by atoms with Crippen molar-refractivity contribution in [1.82, 2.24) is 10.6 Å². The van der Waals surface area contributed by atoms with Crippen LogP contribution in [0.1, 0.15) is 41.0 Å². The normalized spacial score (nSPS) is 15.9. The van der Waals surface area contributed by atoms with Crippen molar-refractivity contribution in [1.29, 1.82) is 0 Å². The number of carbonyl (C=O) groups excluding carboxylic acids is 2. The molecule has 0 bridgehead atoms. The first kappa shape index (κ1) is 24.8. The standard InChI is InChI=1S/C18H33N3O6/c1-6-20-14(22)10(2)12(16(24)25)9-18(4,5)13(17(26)27)11(3)15(23)21-8-7-19/h10-13H,6-9,19H2,1-5H3,(H,20,22)(H,21,23)(H,24,25)(H,26,27). The number of nitrogens with two attached hydrogens (primary N) is 1. The van der Waals surface area contributed by atoms with Crippen LogP contribution in [0.15, 0.2) is 0 Å². The third kappa shape index (κ3) is 7.16. The quantitative estimate of drug-likeness (QED) is 0.322. The van der Waals surface area contributed by atoms with Gasteiger partial charge in [-0.25, -0.2) is 0 Å². The Bertz CT molecular complexity index is 549. The largest absolute Gasteiger partial charge is 0.481 e. The molecule has 0 spiro atoms. The van der Waals surface area contributed by atoms with Crippen molar-refractivity contribution in [3.8, 4) is 0 Å². The number of carbonyl (C=O) groups is 4. The SMILES string of the molecule is CCNC(=O)C(C)C(CC(C)(C)C(C(=O)O)C(C)C(=O)NCCN)C(=O)O. The molecule has 156 valence electrons. The summed E-state index contributed by atoms with van der Waals surface area (Å²) < 4.78 is 0. The maximum Gasteiger partial charge on any atom is 0.307 e. The molecule has 4 atom stereocenters. The number of carboxylic acid groups (broad SMARTS) is 2. The third-order valence-electron chi connectivity index (χ3n) is 4.90. The van der Waals surface area contributed by atoms with Crippen LogP contribution in [0.3, 0.4) is 0 Å². The summed E-state index contributed by atoms with van der Waals surface area (Å²) >= 11 is 0. The van der Waals surface area contributed by atoms with Crippen LogP contribution in [0.5, 0.6) is 0 Å². The summed E-state index contributed by atoms with van der Waals surface area (Å²) in [6.45, 7) is 8.77. The van der Waals surface area contributed by atoms with Crippen LogP contribution >= 0.6 is 0 Å². The summed E-state index contributed by atoms with van der Waals surface area (Å²) in [6.07, 6.45) is -0.0634. The number of amides is 2. The lowest BCUT2D eigenvalue weighted by Gasteiger charge is -2.37. The van der Waals surface area contributed by atoms with Gasteiger partial charge < -0.3 is 26.6 Å². The zero-order valence-electron chi connectivity index (χ0n) is 16.7. The lowest BCUT2D eigenvalue weighted by atomic mass is 9.66. The van der Waals surface area contributed by atoms with Gasteiger partial charge in [-0.1, -0.05) is 27.7 Å². The van der Waals surface area contributed by atoms with E-state index in [0.717, 1.165) is 0 Å². The van der Waals surface area contributed by atoms with Crippen LogP contribution in [0.4, 0.5) is 0 Å². The molecule has 0 saturated carbocycles. The summed E-state index contributed by atoms with van der Waals surface area (Å²) in [5.74, 6) is -7.15. The predicted octanol–water partition coefficient (Wildman–Crippen LogP) is 0.288. The first-order valence-corrected chi connectivity index (χ1v) is 9.11. The lowest BCUT2D eigenvalue weighted by Crippen LogP contribution is -2.46. The Hall–Kier alpha value is -2.16. The van der Waals surface area contributed by atoms with E-state index in [4.69, 9.17) is 5.73 Å². The third-order valence-corrected chi connectivity index (χ3v) is 4.90. The Balaban J connectivity index is 5.59. The molecule has 0 rings (SSSR count). The maximum absolute atomic E-state index is 12.2. The number of carboxylic acids is 2. The molecule has 0 radical (unpaired) electrons. The monoisotopic (exact) mass is 387 g/mol. The fraction of sp³-hybridized carbons (Fsp3) is 0.778. The molecule has 4 unspecified atom stereocenters. The van der Waals surface area contributed by atoms with Gasteiger partial charge in [0.05, 0.1) is 11.8 Å². The summed E-state index contributed by atoms with van der Waals surface area (Å²) in [4.78, 5) is 47.9. The summed E-state index contributed by atoms with van der Waals surface area (Å²) in [6, 6.07) is 0. The van der Waals surface area contributed by atoms with Gasteiger partial charge in [0, 0.05) is 31.5 Å². The lowest BCUT2D eigenvalue weighted by molar-refractivity contribution is -0.156. The molecular weight excluding hydrogens is 354 g/mol. The van der Waals surface area contributed by atoms with E-state index in [1.54, 1.807) is 20.8 Å². The number of aliphatic carboxylic acids is 2. The zero-order valence-corrected chi connectivity index (χ0v) is 16.7. The van der Waals surface area contributed by atoms with Crippen molar-refractivity contribution in [2.75, 3.05) is 19.6 Å². The molecule has 0 aromatic carbocycles. The minimum atomic E-state index is -1.19. The second kappa shape index (κ2) is 10.9. The van der Waals surface area contributed by atoms with Crippen LogP contribution < -0.4 is 16.4 Å². The van der Waals surface area contributed by atoms with Crippen LogP contribution in [0, 0.1) is 29.1 Å². The van der Waals surface area contributed by atoms with E-state index < -0.39 is 52.8 Å². The van der Waals surface area contributed by atoms with Crippen molar-refractivity contribution in [2.45, 2.75) is 41.0 Å². The number of hydrogen-bond acceptors (Lipinski definition) is 5. The van der Waals surface area contributed by atoms with Crippen LogP contribution in [-0.4, -0.2) is 53.6 Å². The average molecular weight is 387 g/mol. The van der Waals surface area contributed by atoms with E-state index in [2.05, 4.69) is 10.6 Å². The second-order valence-electron chi connectivity index (χ2n) is 7.50. The van der Waals surface area contributed by atoms with E-state index in [9.17, 15) is 29.4 Å². The fourth-order valence-electron chi connectivity index (χ4n) is 3.42. The van der Waals surface area contributed by atoms with Gasteiger partial charge in [0.2, 0.25) is 11.8 Å². The Morgan fingerprint density at radius 3 is 1.89 bits per heavy atom. The first-order chi connectivity index (χ1) is 12.4. The highest BCUT2D eigenvalue weighted by atomic mass is 16.4. The number of rotatable bonds is 12. The minimum Gasteiger partial charge on any atom is -0.481 e. The molecule has 0 fully saturated rings. The van der Waals surface area contributed by atoms with Crippen molar-refractivity contribution in [2.24, 2.45) is 34.8 Å². The van der Waals surface area contributed by atoms with Gasteiger partial charge in [-0.05, 0) is 18.8 Å². The van der Waals surface area contributed by atoms with Crippen LogP contribution in [0.2, 0.25) is 0 Å². The van der Waals surface area contributed by atoms with Gasteiger partial charge in [-0.3, -0.25) is 19.2 Å². The molecule has 9 heteroatoms. The molecule has 2 amide bonds. The fourth-order valence-corrected chi connectivity index (χ4v) is 3.42. The first-order valence-electron chi connectivity index (χ1n) is 9.11. The molecular formula is C18H33N3O6. The Morgan fingerprint density at radius 1 is 0.963 bits per heavy atom. The minimum absolute atomic E-state index is 0.0634. The second-order valence-corrected chi connectivity index (χ2v) is 7.50. The molecule has 0 aromatic heterocycles. The molecule has 0 aromatic rings.